The van der Waals surface area contributed by atoms with E-state index in [1.807, 2.05) is 13.0 Å². The van der Waals surface area contributed by atoms with Crippen molar-refractivity contribution < 1.29 is 9.13 Å². The van der Waals surface area contributed by atoms with Crippen molar-refractivity contribution in [2.24, 2.45) is 0 Å². The maximum absolute atomic E-state index is 13.9. The van der Waals surface area contributed by atoms with Crippen LogP contribution in [-0.4, -0.2) is 37.2 Å². The van der Waals surface area contributed by atoms with Crippen LogP contribution < -0.4 is 0 Å². The van der Waals surface area contributed by atoms with E-state index in [1.165, 1.54) is 5.56 Å². The van der Waals surface area contributed by atoms with Gasteiger partial charge in [-0.05, 0) is 48.9 Å². The van der Waals surface area contributed by atoms with Gasteiger partial charge in [0.2, 0.25) is 0 Å². The highest BCUT2D eigenvalue weighted by atomic mass is 19.1. The number of ether oxygens (including phenoxy) is 1. The Morgan fingerprint density at radius 1 is 1.37 bits per heavy atom. The monoisotopic (exact) mass is 263 g/mol. The summed E-state index contributed by atoms with van der Waals surface area (Å²) in [5, 5.41) is 0. The second kappa shape index (κ2) is 5.59. The Balaban J connectivity index is 1.74. The Morgan fingerprint density at radius 2 is 2.26 bits per heavy atom. The van der Waals surface area contributed by atoms with E-state index < -0.39 is 0 Å². The molecule has 2 nitrogen and oxygen atoms in total. The number of rotatable bonds is 2. The fourth-order valence-electron chi connectivity index (χ4n) is 3.38. The predicted octanol–water partition coefficient (Wildman–Crippen LogP) is 2.97. The van der Waals surface area contributed by atoms with Gasteiger partial charge >= 0.3 is 0 Å². The van der Waals surface area contributed by atoms with E-state index in [4.69, 9.17) is 4.74 Å². The van der Waals surface area contributed by atoms with Crippen LogP contribution in [0.5, 0.6) is 0 Å². The van der Waals surface area contributed by atoms with Crippen molar-refractivity contribution >= 4 is 0 Å². The highest BCUT2D eigenvalue weighted by Gasteiger charge is 2.31. The zero-order chi connectivity index (χ0) is 13.2. The average molecular weight is 263 g/mol. The van der Waals surface area contributed by atoms with Crippen molar-refractivity contribution in [3.8, 4) is 0 Å². The lowest BCUT2D eigenvalue weighted by atomic mass is 9.84. The molecule has 0 aromatic heterocycles. The molecule has 0 radical (unpaired) electrons. The van der Waals surface area contributed by atoms with Crippen molar-refractivity contribution in [1.29, 1.82) is 0 Å². The van der Waals surface area contributed by atoms with Crippen molar-refractivity contribution in [3.63, 3.8) is 0 Å². The second-order valence-electron chi connectivity index (χ2n) is 5.69. The number of fused-ring (bicyclic) bond motifs is 1. The summed E-state index contributed by atoms with van der Waals surface area (Å²) in [6.45, 7) is 5.87. The number of aryl methyl sites for hydroxylation is 1. The molecule has 0 saturated carbocycles. The largest absolute Gasteiger partial charge is 0.378 e. The number of hydrogen-bond donors (Lipinski definition) is 0. The maximum atomic E-state index is 13.9. The molecule has 19 heavy (non-hydrogen) atoms. The van der Waals surface area contributed by atoms with Crippen LogP contribution in [0.2, 0.25) is 0 Å². The molecule has 2 fully saturated rings. The van der Waals surface area contributed by atoms with Gasteiger partial charge in [-0.2, -0.15) is 0 Å². The lowest BCUT2D eigenvalue weighted by Crippen LogP contribution is -2.49. The highest BCUT2D eigenvalue weighted by molar-refractivity contribution is 5.27. The fraction of sp³-hybridized carbons (Fsp3) is 0.625. The van der Waals surface area contributed by atoms with Gasteiger partial charge in [-0.15, -0.1) is 0 Å². The maximum Gasteiger partial charge on any atom is 0.126 e. The van der Waals surface area contributed by atoms with E-state index in [0.29, 0.717) is 12.0 Å². The molecule has 2 atom stereocenters. The van der Waals surface area contributed by atoms with Gasteiger partial charge in [-0.25, -0.2) is 4.39 Å². The molecule has 0 unspecified atom stereocenters. The molecule has 2 heterocycles. The zero-order valence-electron chi connectivity index (χ0n) is 11.6. The molecular weight excluding hydrogens is 241 g/mol. The molecule has 0 aliphatic carbocycles. The zero-order valence-corrected chi connectivity index (χ0v) is 11.6. The molecule has 0 N–H and O–H groups in total. The summed E-state index contributed by atoms with van der Waals surface area (Å²) >= 11 is 0. The Morgan fingerprint density at radius 3 is 3.05 bits per heavy atom. The lowest BCUT2D eigenvalue weighted by molar-refractivity contribution is -0.0275. The van der Waals surface area contributed by atoms with Crippen LogP contribution in [0.4, 0.5) is 4.39 Å². The molecular formula is C16H22FNO. The summed E-state index contributed by atoms with van der Waals surface area (Å²) < 4.78 is 19.5. The first-order valence-corrected chi connectivity index (χ1v) is 7.38. The summed E-state index contributed by atoms with van der Waals surface area (Å²) in [5.74, 6) is 0.450. The van der Waals surface area contributed by atoms with E-state index >= 15 is 0 Å². The molecule has 2 aliphatic rings. The van der Waals surface area contributed by atoms with Crippen LogP contribution in [0.3, 0.4) is 0 Å². The van der Waals surface area contributed by atoms with Crippen LogP contribution in [0.25, 0.3) is 0 Å². The summed E-state index contributed by atoms with van der Waals surface area (Å²) in [6.07, 6.45) is 3.01. The van der Waals surface area contributed by atoms with Gasteiger partial charge in [0.05, 0.1) is 13.2 Å². The van der Waals surface area contributed by atoms with Gasteiger partial charge in [-0.1, -0.05) is 19.1 Å². The molecule has 2 aliphatic heterocycles. The van der Waals surface area contributed by atoms with Gasteiger partial charge in [0.15, 0.2) is 0 Å². The first-order chi connectivity index (χ1) is 9.28. The number of hydrogen-bond acceptors (Lipinski definition) is 2. The third kappa shape index (κ3) is 2.67. The number of halogens is 1. The third-order valence-electron chi connectivity index (χ3n) is 4.60. The molecule has 3 rings (SSSR count). The molecule has 0 amide bonds. The first kappa shape index (κ1) is 13.1. The van der Waals surface area contributed by atoms with Crippen molar-refractivity contribution in [1.82, 2.24) is 4.90 Å². The van der Waals surface area contributed by atoms with E-state index in [1.54, 1.807) is 6.07 Å². The SMILES string of the molecule is CCc1ccc([C@H]2CCN3CCOC[C@H]3C2)cc1F. The van der Waals surface area contributed by atoms with E-state index in [9.17, 15) is 4.39 Å². The van der Waals surface area contributed by atoms with Crippen LogP contribution in [0.1, 0.15) is 36.8 Å². The molecule has 2 saturated heterocycles. The smallest absolute Gasteiger partial charge is 0.126 e. The van der Waals surface area contributed by atoms with Gasteiger partial charge in [0.25, 0.3) is 0 Å². The number of nitrogens with zero attached hydrogens (tertiary/aromatic N) is 1. The summed E-state index contributed by atoms with van der Waals surface area (Å²) in [7, 11) is 0. The van der Waals surface area contributed by atoms with E-state index in [0.717, 1.165) is 51.1 Å². The topological polar surface area (TPSA) is 12.5 Å². The average Bonchev–Trinajstić information content (AvgIpc) is 2.46. The van der Waals surface area contributed by atoms with Gasteiger partial charge in [0, 0.05) is 12.6 Å². The lowest BCUT2D eigenvalue weighted by Gasteiger charge is -2.42. The molecule has 1 aromatic carbocycles. The van der Waals surface area contributed by atoms with Crippen LogP contribution in [0, 0.1) is 5.82 Å². The predicted molar refractivity (Wildman–Crippen MR) is 73.9 cm³/mol. The molecule has 0 bridgehead atoms. The Hall–Kier alpha value is -0.930. The van der Waals surface area contributed by atoms with Gasteiger partial charge < -0.3 is 4.74 Å². The Labute approximate surface area is 114 Å². The van der Waals surface area contributed by atoms with Crippen molar-refractivity contribution in [2.75, 3.05) is 26.3 Å². The Bertz CT molecular complexity index is 448. The second-order valence-corrected chi connectivity index (χ2v) is 5.69. The fourth-order valence-corrected chi connectivity index (χ4v) is 3.38. The minimum atomic E-state index is -0.0395. The van der Waals surface area contributed by atoms with Gasteiger partial charge in [0.1, 0.15) is 5.82 Å². The van der Waals surface area contributed by atoms with Crippen molar-refractivity contribution in [2.45, 2.75) is 38.1 Å². The summed E-state index contributed by atoms with van der Waals surface area (Å²) in [4.78, 5) is 2.52. The van der Waals surface area contributed by atoms with Crippen LogP contribution in [0.15, 0.2) is 18.2 Å². The first-order valence-electron chi connectivity index (χ1n) is 7.38. The van der Waals surface area contributed by atoms with Crippen molar-refractivity contribution in [3.05, 3.63) is 35.1 Å². The molecule has 1 aromatic rings. The minimum Gasteiger partial charge on any atom is -0.378 e. The summed E-state index contributed by atoms with van der Waals surface area (Å²) in [5.41, 5.74) is 1.99. The quantitative estimate of drug-likeness (QED) is 0.813. The molecule has 104 valence electrons. The van der Waals surface area contributed by atoms with E-state index in [2.05, 4.69) is 11.0 Å². The summed E-state index contributed by atoms with van der Waals surface area (Å²) in [6, 6.07) is 6.35. The van der Waals surface area contributed by atoms with Gasteiger partial charge in [-0.3, -0.25) is 4.90 Å². The van der Waals surface area contributed by atoms with Crippen LogP contribution >= 0.6 is 0 Å². The standard InChI is InChI=1S/C16H22FNO/c1-2-12-3-4-13(10-16(12)17)14-5-6-18-7-8-19-11-15(18)9-14/h3-4,10,14-15H,2,5-9,11H2,1H3/t14-,15+/m0/s1. The van der Waals surface area contributed by atoms with Crippen LogP contribution in [-0.2, 0) is 11.2 Å². The molecule has 0 spiro atoms. The van der Waals surface area contributed by atoms with E-state index in [-0.39, 0.29) is 5.82 Å². The normalized spacial score (nSPS) is 28.1. The Kier molecular flexibility index (Phi) is 3.85. The molecule has 3 heteroatoms. The minimum absolute atomic E-state index is 0.0395. The number of piperidine rings is 1. The highest BCUT2D eigenvalue weighted by Crippen LogP contribution is 2.33. The number of benzene rings is 1. The third-order valence-corrected chi connectivity index (χ3v) is 4.60. The number of morpholine rings is 1.